The molecule has 0 saturated carbocycles. The number of hydrogen-bond donors (Lipinski definition) is 0. The maximum absolute atomic E-state index is 12.8. The van der Waals surface area contributed by atoms with Crippen LogP contribution in [-0.2, 0) is 26.7 Å². The zero-order chi connectivity index (χ0) is 17.9. The standard InChI is InChI=1S/C16H18N6O3/c1-9-17-12-8-21(7-10(12)14(23)20(9)3)15(24)11-6-13-16(25)19(2)4-5-22(13)18-11/h6H,4-5,7-8H2,1-3H3. The molecule has 0 saturated heterocycles. The van der Waals surface area contributed by atoms with Gasteiger partial charge in [0.2, 0.25) is 0 Å². The first kappa shape index (κ1) is 15.6. The SMILES string of the molecule is Cc1nc2c(c(=O)n1C)CN(C(=O)c1cc3n(n1)CCN(C)C3=O)C2. The lowest BCUT2D eigenvalue weighted by atomic mass is 10.2. The second-order valence-corrected chi connectivity index (χ2v) is 6.47. The van der Waals surface area contributed by atoms with Gasteiger partial charge in [-0.2, -0.15) is 5.10 Å². The van der Waals surface area contributed by atoms with E-state index in [1.54, 1.807) is 35.5 Å². The Morgan fingerprint density at radius 2 is 1.92 bits per heavy atom. The fourth-order valence-corrected chi connectivity index (χ4v) is 3.24. The van der Waals surface area contributed by atoms with Gasteiger partial charge in [0.05, 0.1) is 30.9 Å². The van der Waals surface area contributed by atoms with Gasteiger partial charge in [-0.05, 0) is 6.92 Å². The maximum Gasteiger partial charge on any atom is 0.275 e. The van der Waals surface area contributed by atoms with Crippen molar-refractivity contribution in [2.75, 3.05) is 13.6 Å². The number of fused-ring (bicyclic) bond motifs is 2. The molecule has 130 valence electrons. The molecule has 0 spiro atoms. The number of aryl methyl sites for hydroxylation is 1. The quantitative estimate of drug-likeness (QED) is 0.698. The summed E-state index contributed by atoms with van der Waals surface area (Å²) < 4.78 is 3.05. The Morgan fingerprint density at radius 3 is 2.68 bits per heavy atom. The van der Waals surface area contributed by atoms with E-state index in [-0.39, 0.29) is 36.2 Å². The van der Waals surface area contributed by atoms with Crippen LogP contribution in [0.3, 0.4) is 0 Å². The molecule has 0 fully saturated rings. The van der Waals surface area contributed by atoms with Gasteiger partial charge >= 0.3 is 0 Å². The molecule has 0 unspecified atom stereocenters. The second kappa shape index (κ2) is 5.27. The Bertz CT molecular complexity index is 973. The van der Waals surface area contributed by atoms with Crippen molar-refractivity contribution in [1.29, 1.82) is 0 Å². The first-order chi connectivity index (χ1) is 11.9. The summed E-state index contributed by atoms with van der Waals surface area (Å²) in [4.78, 5) is 44.8. The summed E-state index contributed by atoms with van der Waals surface area (Å²) in [6.07, 6.45) is 0. The van der Waals surface area contributed by atoms with E-state index in [2.05, 4.69) is 10.1 Å². The van der Waals surface area contributed by atoms with E-state index in [1.807, 2.05) is 0 Å². The lowest BCUT2D eigenvalue weighted by Gasteiger charge is -2.22. The molecule has 4 heterocycles. The number of amides is 2. The number of hydrogen-bond acceptors (Lipinski definition) is 5. The van der Waals surface area contributed by atoms with Crippen molar-refractivity contribution < 1.29 is 9.59 Å². The van der Waals surface area contributed by atoms with Crippen LogP contribution < -0.4 is 5.56 Å². The van der Waals surface area contributed by atoms with Crippen molar-refractivity contribution in [2.24, 2.45) is 7.05 Å². The van der Waals surface area contributed by atoms with Gasteiger partial charge in [0.15, 0.2) is 5.69 Å². The van der Waals surface area contributed by atoms with E-state index in [9.17, 15) is 14.4 Å². The molecule has 2 amide bonds. The second-order valence-electron chi connectivity index (χ2n) is 6.47. The first-order valence-corrected chi connectivity index (χ1v) is 8.05. The van der Waals surface area contributed by atoms with Crippen LogP contribution in [0.4, 0.5) is 0 Å². The Labute approximate surface area is 143 Å². The third kappa shape index (κ3) is 2.26. The average Bonchev–Trinajstić information content (AvgIpc) is 3.20. The lowest BCUT2D eigenvalue weighted by Crippen LogP contribution is -2.37. The predicted octanol–water partition coefficient (Wildman–Crippen LogP) is -0.473. The van der Waals surface area contributed by atoms with Crippen molar-refractivity contribution >= 4 is 11.8 Å². The molecule has 0 aromatic carbocycles. The van der Waals surface area contributed by atoms with Gasteiger partial charge in [0.1, 0.15) is 11.5 Å². The molecule has 0 atom stereocenters. The normalized spacial score (nSPS) is 16.2. The van der Waals surface area contributed by atoms with Crippen molar-refractivity contribution in [2.45, 2.75) is 26.6 Å². The monoisotopic (exact) mass is 342 g/mol. The van der Waals surface area contributed by atoms with Crippen molar-refractivity contribution in [1.82, 2.24) is 29.1 Å². The number of carbonyl (C=O) groups excluding carboxylic acids is 2. The average molecular weight is 342 g/mol. The molecule has 0 N–H and O–H groups in total. The third-order valence-electron chi connectivity index (χ3n) is 4.88. The highest BCUT2D eigenvalue weighted by Crippen LogP contribution is 2.21. The smallest absolute Gasteiger partial charge is 0.275 e. The van der Waals surface area contributed by atoms with E-state index < -0.39 is 0 Å². The minimum Gasteiger partial charge on any atom is -0.339 e. The van der Waals surface area contributed by atoms with E-state index in [0.717, 1.165) is 0 Å². The van der Waals surface area contributed by atoms with Gasteiger partial charge in [-0.3, -0.25) is 23.6 Å². The molecule has 2 aromatic heterocycles. The van der Waals surface area contributed by atoms with Gasteiger partial charge in [-0.1, -0.05) is 0 Å². The highest BCUT2D eigenvalue weighted by atomic mass is 16.2. The van der Waals surface area contributed by atoms with Crippen molar-refractivity contribution in [3.8, 4) is 0 Å². The van der Waals surface area contributed by atoms with Gasteiger partial charge in [0, 0.05) is 26.7 Å². The lowest BCUT2D eigenvalue weighted by molar-refractivity contribution is 0.0730. The molecule has 0 bridgehead atoms. The number of aromatic nitrogens is 4. The van der Waals surface area contributed by atoms with Crippen LogP contribution in [0.25, 0.3) is 0 Å². The van der Waals surface area contributed by atoms with Crippen LogP contribution in [0.15, 0.2) is 10.9 Å². The highest BCUT2D eigenvalue weighted by molar-refractivity contribution is 5.98. The summed E-state index contributed by atoms with van der Waals surface area (Å²) in [5, 5.41) is 4.27. The molecular formula is C16H18N6O3. The topological polar surface area (TPSA) is 93.3 Å². The molecule has 2 aliphatic rings. The molecule has 0 aliphatic carbocycles. The molecule has 0 radical (unpaired) electrons. The Hall–Kier alpha value is -2.97. The van der Waals surface area contributed by atoms with Crippen molar-refractivity contribution in [3.05, 3.63) is 44.9 Å². The number of rotatable bonds is 1. The number of carbonyl (C=O) groups is 2. The van der Waals surface area contributed by atoms with Crippen LogP contribution >= 0.6 is 0 Å². The number of nitrogens with zero attached hydrogens (tertiary/aromatic N) is 6. The molecule has 2 aliphatic heterocycles. The summed E-state index contributed by atoms with van der Waals surface area (Å²) >= 11 is 0. The minimum atomic E-state index is -0.296. The molecule has 25 heavy (non-hydrogen) atoms. The predicted molar refractivity (Wildman–Crippen MR) is 87.0 cm³/mol. The van der Waals surface area contributed by atoms with E-state index in [0.29, 0.717) is 35.9 Å². The largest absolute Gasteiger partial charge is 0.339 e. The van der Waals surface area contributed by atoms with Gasteiger partial charge in [-0.25, -0.2) is 4.98 Å². The summed E-state index contributed by atoms with van der Waals surface area (Å²) in [7, 11) is 3.39. The zero-order valence-corrected chi connectivity index (χ0v) is 14.3. The molecule has 2 aromatic rings. The fraction of sp³-hybridized carbons (Fsp3) is 0.438. The molecule has 9 heteroatoms. The van der Waals surface area contributed by atoms with Crippen LogP contribution in [0, 0.1) is 6.92 Å². The summed E-state index contributed by atoms with van der Waals surface area (Å²) in [6, 6.07) is 1.53. The summed E-state index contributed by atoms with van der Waals surface area (Å²) in [5.74, 6) is 0.174. The van der Waals surface area contributed by atoms with Gasteiger partial charge in [-0.15, -0.1) is 0 Å². The van der Waals surface area contributed by atoms with E-state index in [4.69, 9.17) is 0 Å². The number of likely N-dealkylation sites (N-methyl/N-ethyl adjacent to an activating group) is 1. The molecule has 9 nitrogen and oxygen atoms in total. The van der Waals surface area contributed by atoms with Gasteiger partial charge in [0.25, 0.3) is 17.4 Å². The Morgan fingerprint density at radius 1 is 1.16 bits per heavy atom. The zero-order valence-electron chi connectivity index (χ0n) is 14.3. The highest BCUT2D eigenvalue weighted by Gasteiger charge is 2.32. The third-order valence-corrected chi connectivity index (χ3v) is 4.88. The minimum absolute atomic E-state index is 0.126. The van der Waals surface area contributed by atoms with Crippen LogP contribution in [0.2, 0.25) is 0 Å². The van der Waals surface area contributed by atoms with Crippen LogP contribution in [0.1, 0.15) is 38.1 Å². The maximum atomic E-state index is 12.8. The van der Waals surface area contributed by atoms with Crippen LogP contribution in [-0.4, -0.2) is 54.5 Å². The van der Waals surface area contributed by atoms with Crippen molar-refractivity contribution in [3.63, 3.8) is 0 Å². The van der Waals surface area contributed by atoms with Gasteiger partial charge < -0.3 is 9.80 Å². The summed E-state index contributed by atoms with van der Waals surface area (Å²) in [6.45, 7) is 3.38. The molecule has 4 rings (SSSR count). The Balaban J connectivity index is 1.64. The summed E-state index contributed by atoms with van der Waals surface area (Å²) in [5.41, 5.74) is 1.69. The van der Waals surface area contributed by atoms with E-state index >= 15 is 0 Å². The Kier molecular flexibility index (Phi) is 3.28. The fourth-order valence-electron chi connectivity index (χ4n) is 3.24. The van der Waals surface area contributed by atoms with E-state index in [1.165, 1.54) is 10.6 Å². The van der Waals surface area contributed by atoms with Crippen LogP contribution in [0.5, 0.6) is 0 Å². The first-order valence-electron chi connectivity index (χ1n) is 8.05. The molecular weight excluding hydrogens is 324 g/mol.